The third-order valence-electron chi connectivity index (χ3n) is 3.31. The molecular weight excluding hydrogens is 242 g/mol. The van der Waals surface area contributed by atoms with E-state index in [9.17, 15) is 4.79 Å². The Balaban J connectivity index is 1.61. The van der Waals surface area contributed by atoms with Crippen LogP contribution in [0.2, 0.25) is 0 Å². The number of aromatic nitrogens is 3. The summed E-state index contributed by atoms with van der Waals surface area (Å²) in [5.74, 6) is 0.609. The van der Waals surface area contributed by atoms with E-state index in [1.54, 1.807) is 12.4 Å². The van der Waals surface area contributed by atoms with E-state index in [4.69, 9.17) is 5.73 Å². The number of carbonyl (C=O) groups is 1. The quantitative estimate of drug-likeness (QED) is 0.841. The number of imidazole rings is 1. The van der Waals surface area contributed by atoms with E-state index in [1.807, 2.05) is 10.6 Å². The van der Waals surface area contributed by atoms with Gasteiger partial charge in [-0.25, -0.2) is 4.98 Å². The SMILES string of the molecule is Nc1nc2cnccc2n1CCCC(=O)NC1CC1. The van der Waals surface area contributed by atoms with E-state index >= 15 is 0 Å². The van der Waals surface area contributed by atoms with Crippen molar-refractivity contribution in [3.63, 3.8) is 0 Å². The molecule has 0 spiro atoms. The van der Waals surface area contributed by atoms with Gasteiger partial charge in [-0.3, -0.25) is 9.78 Å². The number of nitrogens with two attached hydrogens (primary N) is 1. The maximum absolute atomic E-state index is 11.6. The van der Waals surface area contributed by atoms with Crippen LogP contribution in [-0.4, -0.2) is 26.5 Å². The van der Waals surface area contributed by atoms with Crippen LogP contribution in [-0.2, 0) is 11.3 Å². The Kier molecular flexibility index (Phi) is 3.06. The molecule has 0 aliphatic heterocycles. The molecule has 6 nitrogen and oxygen atoms in total. The van der Waals surface area contributed by atoms with Gasteiger partial charge >= 0.3 is 0 Å². The van der Waals surface area contributed by atoms with Crippen molar-refractivity contribution in [3.05, 3.63) is 18.5 Å². The summed E-state index contributed by atoms with van der Waals surface area (Å²) in [5.41, 5.74) is 7.65. The van der Waals surface area contributed by atoms with E-state index in [-0.39, 0.29) is 5.91 Å². The summed E-state index contributed by atoms with van der Waals surface area (Å²) >= 11 is 0. The van der Waals surface area contributed by atoms with Gasteiger partial charge in [-0.05, 0) is 25.3 Å². The van der Waals surface area contributed by atoms with Crippen LogP contribution in [0, 0.1) is 0 Å². The lowest BCUT2D eigenvalue weighted by Crippen LogP contribution is -2.25. The molecule has 1 aliphatic carbocycles. The third-order valence-corrected chi connectivity index (χ3v) is 3.31. The van der Waals surface area contributed by atoms with Crippen molar-refractivity contribution in [3.8, 4) is 0 Å². The lowest BCUT2D eigenvalue weighted by Gasteiger charge is -2.06. The molecule has 0 atom stereocenters. The molecule has 2 heterocycles. The summed E-state index contributed by atoms with van der Waals surface area (Å²) in [6, 6.07) is 2.32. The monoisotopic (exact) mass is 259 g/mol. The zero-order valence-corrected chi connectivity index (χ0v) is 10.7. The molecule has 0 unspecified atom stereocenters. The Labute approximate surface area is 111 Å². The highest BCUT2D eigenvalue weighted by atomic mass is 16.1. The van der Waals surface area contributed by atoms with Gasteiger partial charge in [0.15, 0.2) is 0 Å². The first-order valence-corrected chi connectivity index (χ1v) is 6.59. The van der Waals surface area contributed by atoms with Gasteiger partial charge < -0.3 is 15.6 Å². The lowest BCUT2D eigenvalue weighted by molar-refractivity contribution is -0.121. The van der Waals surface area contributed by atoms with Crippen molar-refractivity contribution in [2.75, 3.05) is 5.73 Å². The second kappa shape index (κ2) is 4.87. The van der Waals surface area contributed by atoms with Gasteiger partial charge in [0.1, 0.15) is 5.52 Å². The van der Waals surface area contributed by atoms with Crippen molar-refractivity contribution in [1.82, 2.24) is 19.9 Å². The smallest absolute Gasteiger partial charge is 0.220 e. The highest BCUT2D eigenvalue weighted by molar-refractivity contribution is 5.77. The van der Waals surface area contributed by atoms with Gasteiger partial charge in [0, 0.05) is 25.2 Å². The van der Waals surface area contributed by atoms with Crippen LogP contribution in [0.3, 0.4) is 0 Å². The predicted molar refractivity (Wildman–Crippen MR) is 72.3 cm³/mol. The topological polar surface area (TPSA) is 85.8 Å². The first-order chi connectivity index (χ1) is 9.24. The number of hydrogen-bond donors (Lipinski definition) is 2. The Bertz CT molecular complexity index is 602. The van der Waals surface area contributed by atoms with E-state index in [0.717, 1.165) is 30.3 Å². The van der Waals surface area contributed by atoms with Crippen molar-refractivity contribution in [2.45, 2.75) is 38.3 Å². The van der Waals surface area contributed by atoms with Crippen LogP contribution in [0.15, 0.2) is 18.5 Å². The fraction of sp³-hybridized carbons (Fsp3) is 0.462. The van der Waals surface area contributed by atoms with Gasteiger partial charge in [-0.1, -0.05) is 0 Å². The highest BCUT2D eigenvalue weighted by Gasteiger charge is 2.22. The van der Waals surface area contributed by atoms with Gasteiger partial charge in [-0.2, -0.15) is 0 Å². The van der Waals surface area contributed by atoms with E-state index in [2.05, 4.69) is 15.3 Å². The first-order valence-electron chi connectivity index (χ1n) is 6.59. The summed E-state index contributed by atoms with van der Waals surface area (Å²) in [6.45, 7) is 0.699. The molecule has 100 valence electrons. The summed E-state index contributed by atoms with van der Waals surface area (Å²) in [4.78, 5) is 19.9. The minimum absolute atomic E-state index is 0.132. The normalized spacial score (nSPS) is 14.7. The second-order valence-corrected chi connectivity index (χ2v) is 4.93. The minimum atomic E-state index is 0.132. The molecule has 3 rings (SSSR count). The number of rotatable bonds is 5. The fourth-order valence-corrected chi connectivity index (χ4v) is 2.16. The average molecular weight is 259 g/mol. The molecule has 0 saturated heterocycles. The molecule has 0 aromatic carbocycles. The number of fused-ring (bicyclic) bond motifs is 1. The summed E-state index contributed by atoms with van der Waals surface area (Å²) in [7, 11) is 0. The Hall–Kier alpha value is -2.11. The number of nitrogen functional groups attached to an aromatic ring is 1. The van der Waals surface area contributed by atoms with Crippen molar-refractivity contribution < 1.29 is 4.79 Å². The van der Waals surface area contributed by atoms with Crippen molar-refractivity contribution in [1.29, 1.82) is 0 Å². The number of carbonyl (C=O) groups excluding carboxylic acids is 1. The predicted octanol–water partition coefficient (Wildman–Crippen LogP) is 1.07. The van der Waals surface area contributed by atoms with E-state index in [0.29, 0.717) is 25.0 Å². The fourth-order valence-electron chi connectivity index (χ4n) is 2.16. The first kappa shape index (κ1) is 12.0. The molecule has 2 aromatic heterocycles. The Morgan fingerprint density at radius 1 is 1.53 bits per heavy atom. The summed E-state index contributed by atoms with van der Waals surface area (Å²) in [6.07, 6.45) is 6.95. The number of pyridine rings is 1. The molecule has 6 heteroatoms. The zero-order valence-electron chi connectivity index (χ0n) is 10.7. The van der Waals surface area contributed by atoms with Crippen LogP contribution in [0.4, 0.5) is 5.95 Å². The van der Waals surface area contributed by atoms with Gasteiger partial charge in [0.05, 0.1) is 11.7 Å². The maximum atomic E-state index is 11.6. The lowest BCUT2D eigenvalue weighted by atomic mass is 10.3. The molecule has 3 N–H and O–H groups in total. The molecule has 1 fully saturated rings. The molecule has 0 radical (unpaired) electrons. The Morgan fingerprint density at radius 3 is 3.16 bits per heavy atom. The standard InChI is InChI=1S/C13H17N5O/c14-13-17-10-8-15-6-5-11(10)18(13)7-1-2-12(19)16-9-3-4-9/h5-6,8-9H,1-4,7H2,(H2,14,17)(H,16,19). The number of anilines is 1. The van der Waals surface area contributed by atoms with Crippen LogP contribution in [0.25, 0.3) is 11.0 Å². The molecule has 19 heavy (non-hydrogen) atoms. The average Bonchev–Trinajstić information content (AvgIpc) is 3.14. The molecule has 2 aromatic rings. The minimum Gasteiger partial charge on any atom is -0.369 e. The number of amides is 1. The largest absolute Gasteiger partial charge is 0.369 e. The van der Waals surface area contributed by atoms with Crippen LogP contribution < -0.4 is 11.1 Å². The number of nitrogens with one attached hydrogen (secondary N) is 1. The summed E-state index contributed by atoms with van der Waals surface area (Å²) in [5, 5.41) is 2.98. The Morgan fingerprint density at radius 2 is 2.37 bits per heavy atom. The highest BCUT2D eigenvalue weighted by Crippen LogP contribution is 2.19. The number of nitrogens with zero attached hydrogens (tertiary/aromatic N) is 3. The zero-order chi connectivity index (χ0) is 13.2. The molecule has 1 amide bonds. The van der Waals surface area contributed by atoms with Gasteiger partial charge in [0.2, 0.25) is 11.9 Å². The van der Waals surface area contributed by atoms with Crippen molar-refractivity contribution in [2.24, 2.45) is 0 Å². The second-order valence-electron chi connectivity index (χ2n) is 4.93. The van der Waals surface area contributed by atoms with Crippen LogP contribution in [0.5, 0.6) is 0 Å². The van der Waals surface area contributed by atoms with E-state index < -0.39 is 0 Å². The molecule has 1 aliphatic rings. The summed E-state index contributed by atoms with van der Waals surface area (Å²) < 4.78 is 1.93. The van der Waals surface area contributed by atoms with Gasteiger partial charge in [-0.15, -0.1) is 0 Å². The van der Waals surface area contributed by atoms with Crippen LogP contribution >= 0.6 is 0 Å². The molecule has 1 saturated carbocycles. The number of aryl methyl sites for hydroxylation is 1. The third kappa shape index (κ3) is 2.67. The maximum Gasteiger partial charge on any atom is 0.220 e. The molecule has 0 bridgehead atoms. The van der Waals surface area contributed by atoms with E-state index in [1.165, 1.54) is 0 Å². The molecular formula is C13H17N5O. The van der Waals surface area contributed by atoms with Crippen LogP contribution in [0.1, 0.15) is 25.7 Å². The van der Waals surface area contributed by atoms with Gasteiger partial charge in [0.25, 0.3) is 0 Å². The van der Waals surface area contributed by atoms with Crippen molar-refractivity contribution >= 4 is 22.9 Å². The number of hydrogen-bond acceptors (Lipinski definition) is 4.